The predicted molar refractivity (Wildman–Crippen MR) is 108 cm³/mol. The molecule has 3 aromatic rings. The summed E-state index contributed by atoms with van der Waals surface area (Å²) in [5.41, 5.74) is 11.0. The second kappa shape index (κ2) is 8.19. The Labute approximate surface area is 174 Å². The minimum Gasteiger partial charge on any atom is -0.465 e. The van der Waals surface area contributed by atoms with E-state index >= 15 is 0 Å². The molecule has 0 atom stereocenters. The number of anilines is 3. The summed E-state index contributed by atoms with van der Waals surface area (Å²) in [5, 5.41) is 10.8. The number of amides is 1. The van der Waals surface area contributed by atoms with Crippen LogP contribution in [-0.4, -0.2) is 26.2 Å². The van der Waals surface area contributed by atoms with E-state index in [4.69, 9.17) is 16.6 Å². The van der Waals surface area contributed by atoms with Crippen LogP contribution in [0.3, 0.4) is 0 Å². The SMILES string of the molecule is Cc1nc(N)nc(-c2cc(NC(=O)O)cc(C(F)(F)F)c2)c1C#Cc1ccc(N)nc1. The number of rotatable bonds is 2. The number of pyridine rings is 1. The van der Waals surface area contributed by atoms with Crippen LogP contribution in [0.4, 0.5) is 35.4 Å². The molecule has 0 bridgehead atoms. The fraction of sp³-hybridized carbons (Fsp3) is 0.100. The number of nitrogen functional groups attached to an aromatic ring is 2. The van der Waals surface area contributed by atoms with E-state index in [-0.39, 0.29) is 28.5 Å². The summed E-state index contributed by atoms with van der Waals surface area (Å²) in [7, 11) is 0. The molecule has 0 aliphatic carbocycles. The molecule has 0 saturated carbocycles. The third-order valence-electron chi connectivity index (χ3n) is 4.01. The van der Waals surface area contributed by atoms with Crippen LogP contribution in [-0.2, 0) is 6.18 Å². The Morgan fingerprint density at radius 1 is 1.13 bits per heavy atom. The Hall–Kier alpha value is -4.33. The number of hydrogen-bond donors (Lipinski definition) is 4. The Bertz CT molecular complexity index is 1210. The molecule has 3 rings (SSSR count). The third-order valence-corrected chi connectivity index (χ3v) is 4.01. The van der Waals surface area contributed by atoms with Crippen LogP contribution in [0.2, 0.25) is 0 Å². The second-order valence-corrected chi connectivity index (χ2v) is 6.34. The van der Waals surface area contributed by atoms with Crippen LogP contribution in [0.25, 0.3) is 11.3 Å². The average Bonchev–Trinajstić information content (AvgIpc) is 2.66. The molecule has 0 aliphatic rings. The van der Waals surface area contributed by atoms with Gasteiger partial charge in [0.25, 0.3) is 0 Å². The van der Waals surface area contributed by atoms with Crippen LogP contribution in [0.5, 0.6) is 0 Å². The molecule has 2 heterocycles. The van der Waals surface area contributed by atoms with E-state index in [0.717, 1.165) is 6.07 Å². The lowest BCUT2D eigenvalue weighted by Crippen LogP contribution is -2.11. The smallest absolute Gasteiger partial charge is 0.416 e. The minimum absolute atomic E-state index is 0.0282. The molecule has 0 spiro atoms. The van der Waals surface area contributed by atoms with Gasteiger partial charge in [-0.3, -0.25) is 5.32 Å². The summed E-state index contributed by atoms with van der Waals surface area (Å²) in [6.07, 6.45) is -4.80. The van der Waals surface area contributed by atoms with Gasteiger partial charge in [-0.05, 0) is 37.3 Å². The molecule has 2 aromatic heterocycles. The first-order chi connectivity index (χ1) is 14.5. The lowest BCUT2D eigenvalue weighted by molar-refractivity contribution is -0.137. The molecule has 6 N–H and O–H groups in total. The number of benzene rings is 1. The number of halogens is 3. The highest BCUT2D eigenvalue weighted by atomic mass is 19.4. The van der Waals surface area contributed by atoms with Crippen molar-refractivity contribution in [2.24, 2.45) is 0 Å². The molecule has 0 unspecified atom stereocenters. The molecule has 0 saturated heterocycles. The Balaban J connectivity index is 2.21. The summed E-state index contributed by atoms with van der Waals surface area (Å²) in [4.78, 5) is 23.0. The maximum atomic E-state index is 13.4. The molecule has 11 heteroatoms. The van der Waals surface area contributed by atoms with Crippen molar-refractivity contribution in [2.75, 3.05) is 16.8 Å². The molecule has 1 aromatic carbocycles. The number of carbonyl (C=O) groups is 1. The van der Waals surface area contributed by atoms with E-state index in [1.807, 2.05) is 5.32 Å². The largest absolute Gasteiger partial charge is 0.465 e. The summed E-state index contributed by atoms with van der Waals surface area (Å²) in [6, 6.07) is 5.90. The Kier molecular flexibility index (Phi) is 5.65. The van der Waals surface area contributed by atoms with E-state index in [1.165, 1.54) is 12.3 Å². The van der Waals surface area contributed by atoms with Gasteiger partial charge in [0.1, 0.15) is 5.82 Å². The van der Waals surface area contributed by atoms with Gasteiger partial charge in [0.15, 0.2) is 0 Å². The minimum atomic E-state index is -4.72. The number of carboxylic acid groups (broad SMARTS) is 1. The predicted octanol–water partition coefficient (Wildman–Crippen LogP) is 3.52. The molecule has 0 radical (unpaired) electrons. The number of nitrogens with two attached hydrogens (primary N) is 2. The molecule has 8 nitrogen and oxygen atoms in total. The zero-order chi connectivity index (χ0) is 22.8. The first-order valence-electron chi connectivity index (χ1n) is 8.63. The maximum Gasteiger partial charge on any atom is 0.416 e. The van der Waals surface area contributed by atoms with E-state index in [1.54, 1.807) is 19.1 Å². The van der Waals surface area contributed by atoms with Crippen molar-refractivity contribution in [1.82, 2.24) is 15.0 Å². The second-order valence-electron chi connectivity index (χ2n) is 6.34. The van der Waals surface area contributed by atoms with E-state index < -0.39 is 17.8 Å². The van der Waals surface area contributed by atoms with Crippen molar-refractivity contribution in [3.63, 3.8) is 0 Å². The van der Waals surface area contributed by atoms with Gasteiger partial charge in [-0.1, -0.05) is 11.8 Å². The average molecular weight is 428 g/mol. The first kappa shape index (κ1) is 21.4. The van der Waals surface area contributed by atoms with Crippen molar-refractivity contribution < 1.29 is 23.1 Å². The fourth-order valence-electron chi connectivity index (χ4n) is 2.69. The molecule has 1 amide bonds. The lowest BCUT2D eigenvalue weighted by Gasteiger charge is -2.14. The summed E-state index contributed by atoms with van der Waals surface area (Å²) in [5.74, 6) is 5.80. The Morgan fingerprint density at radius 3 is 2.48 bits per heavy atom. The van der Waals surface area contributed by atoms with Gasteiger partial charge in [0, 0.05) is 23.0 Å². The molecule has 0 fully saturated rings. The maximum absolute atomic E-state index is 13.4. The van der Waals surface area contributed by atoms with Gasteiger partial charge in [-0.15, -0.1) is 0 Å². The summed E-state index contributed by atoms with van der Waals surface area (Å²) >= 11 is 0. The van der Waals surface area contributed by atoms with Crippen LogP contribution < -0.4 is 16.8 Å². The number of aryl methyl sites for hydroxylation is 1. The van der Waals surface area contributed by atoms with Gasteiger partial charge in [-0.2, -0.15) is 13.2 Å². The number of aromatic nitrogens is 3. The fourth-order valence-corrected chi connectivity index (χ4v) is 2.69. The van der Waals surface area contributed by atoms with Gasteiger partial charge in [0.05, 0.1) is 22.5 Å². The van der Waals surface area contributed by atoms with Crippen molar-refractivity contribution in [3.05, 3.63) is 58.9 Å². The van der Waals surface area contributed by atoms with E-state index in [0.29, 0.717) is 23.1 Å². The van der Waals surface area contributed by atoms with Crippen molar-refractivity contribution in [3.8, 4) is 23.1 Å². The summed E-state index contributed by atoms with van der Waals surface area (Å²) < 4.78 is 40.2. The van der Waals surface area contributed by atoms with Crippen LogP contribution in [0.1, 0.15) is 22.4 Å². The van der Waals surface area contributed by atoms with Crippen molar-refractivity contribution in [1.29, 1.82) is 0 Å². The normalized spacial score (nSPS) is 10.8. The van der Waals surface area contributed by atoms with Gasteiger partial charge in [-0.25, -0.2) is 19.7 Å². The number of nitrogens with one attached hydrogen (secondary N) is 1. The zero-order valence-electron chi connectivity index (χ0n) is 15.9. The topological polar surface area (TPSA) is 140 Å². The highest BCUT2D eigenvalue weighted by Crippen LogP contribution is 2.35. The van der Waals surface area contributed by atoms with Crippen LogP contribution in [0.15, 0.2) is 36.5 Å². The summed E-state index contributed by atoms with van der Waals surface area (Å²) in [6.45, 7) is 1.58. The van der Waals surface area contributed by atoms with Gasteiger partial charge >= 0.3 is 12.3 Å². The number of nitrogens with zero attached hydrogens (tertiary/aromatic N) is 3. The highest BCUT2D eigenvalue weighted by Gasteiger charge is 2.32. The van der Waals surface area contributed by atoms with Crippen LogP contribution in [0, 0.1) is 18.8 Å². The molecular weight excluding hydrogens is 413 g/mol. The van der Waals surface area contributed by atoms with E-state index in [9.17, 15) is 18.0 Å². The zero-order valence-corrected chi connectivity index (χ0v) is 15.9. The number of hydrogen-bond acceptors (Lipinski definition) is 6. The van der Waals surface area contributed by atoms with Gasteiger partial charge in [0.2, 0.25) is 5.95 Å². The quantitative estimate of drug-likeness (QED) is 0.458. The molecular formula is C20H15F3N6O2. The van der Waals surface area contributed by atoms with Crippen molar-refractivity contribution in [2.45, 2.75) is 13.1 Å². The van der Waals surface area contributed by atoms with Crippen LogP contribution >= 0.6 is 0 Å². The standard InChI is InChI=1S/C20H15F3N6O2/c1-10-15(4-2-11-3-5-16(24)26-9-11)17(29-18(25)27-10)12-6-13(20(21,22)23)8-14(7-12)28-19(30)31/h3,5-9,28H,1H3,(H2,24,26)(H,30,31)(H2,25,27,29). The monoisotopic (exact) mass is 428 g/mol. The molecule has 0 aliphatic heterocycles. The van der Waals surface area contributed by atoms with Crippen molar-refractivity contribution >= 4 is 23.5 Å². The highest BCUT2D eigenvalue weighted by molar-refractivity contribution is 5.85. The van der Waals surface area contributed by atoms with Gasteiger partial charge < -0.3 is 16.6 Å². The Morgan fingerprint density at radius 2 is 1.87 bits per heavy atom. The lowest BCUT2D eigenvalue weighted by atomic mass is 10.0. The molecule has 158 valence electrons. The molecule has 31 heavy (non-hydrogen) atoms. The first-order valence-corrected chi connectivity index (χ1v) is 8.63. The van der Waals surface area contributed by atoms with E-state index in [2.05, 4.69) is 26.8 Å². The number of alkyl halides is 3. The third kappa shape index (κ3) is 5.18.